The van der Waals surface area contributed by atoms with Crippen LogP contribution >= 0.6 is 12.2 Å². The summed E-state index contributed by atoms with van der Waals surface area (Å²) in [5, 5.41) is 0. The lowest BCUT2D eigenvalue weighted by Gasteiger charge is -2.29. The van der Waals surface area contributed by atoms with Gasteiger partial charge in [-0.15, -0.1) is 0 Å². The predicted molar refractivity (Wildman–Crippen MR) is 73.6 cm³/mol. The molecule has 0 saturated carbocycles. The third-order valence-corrected chi connectivity index (χ3v) is 3.06. The SMILES string of the molecule is CCN(CC)C(C(N)=S)c1ccc(C)cc1. The molecule has 0 amide bonds. The molecule has 3 heteroatoms. The number of hydrogen-bond acceptors (Lipinski definition) is 2. The van der Waals surface area contributed by atoms with Gasteiger partial charge in [0.25, 0.3) is 0 Å². The standard InChI is InChI=1S/C13H20N2S/c1-4-15(5-2)12(13(14)16)11-8-6-10(3)7-9-11/h6-9,12H,4-5H2,1-3H3,(H2,14,16). The van der Waals surface area contributed by atoms with Crippen LogP contribution in [0.25, 0.3) is 0 Å². The molecule has 0 bridgehead atoms. The molecule has 1 aromatic rings. The van der Waals surface area contributed by atoms with Crippen LogP contribution in [0.5, 0.6) is 0 Å². The van der Waals surface area contributed by atoms with E-state index in [-0.39, 0.29) is 6.04 Å². The average Bonchev–Trinajstić information content (AvgIpc) is 2.27. The zero-order valence-corrected chi connectivity index (χ0v) is 11.1. The Morgan fingerprint density at radius 1 is 1.25 bits per heavy atom. The van der Waals surface area contributed by atoms with Crippen LogP contribution in [0.15, 0.2) is 24.3 Å². The van der Waals surface area contributed by atoms with Gasteiger partial charge in [-0.1, -0.05) is 55.9 Å². The van der Waals surface area contributed by atoms with Crippen LogP contribution in [0, 0.1) is 6.92 Å². The van der Waals surface area contributed by atoms with Crippen LogP contribution in [0.1, 0.15) is 31.0 Å². The summed E-state index contributed by atoms with van der Waals surface area (Å²) in [4.78, 5) is 2.82. The Bertz CT molecular complexity index is 341. The van der Waals surface area contributed by atoms with Crippen molar-refractivity contribution in [2.45, 2.75) is 26.8 Å². The topological polar surface area (TPSA) is 29.3 Å². The van der Waals surface area contributed by atoms with Crippen LogP contribution in [-0.4, -0.2) is 23.0 Å². The van der Waals surface area contributed by atoms with Gasteiger partial charge >= 0.3 is 0 Å². The monoisotopic (exact) mass is 236 g/mol. The lowest BCUT2D eigenvalue weighted by atomic mass is 10.0. The van der Waals surface area contributed by atoms with Crippen molar-refractivity contribution in [3.63, 3.8) is 0 Å². The second-order valence-electron chi connectivity index (χ2n) is 3.94. The van der Waals surface area contributed by atoms with Crippen molar-refractivity contribution in [3.05, 3.63) is 35.4 Å². The average molecular weight is 236 g/mol. The summed E-state index contributed by atoms with van der Waals surface area (Å²) in [6, 6.07) is 8.48. The maximum Gasteiger partial charge on any atom is 0.0948 e. The molecule has 0 aliphatic carbocycles. The van der Waals surface area contributed by atoms with Crippen LogP contribution < -0.4 is 5.73 Å². The third-order valence-electron chi connectivity index (χ3n) is 2.84. The van der Waals surface area contributed by atoms with Gasteiger partial charge in [0.15, 0.2) is 0 Å². The number of thiocarbonyl (C=S) groups is 1. The first-order valence-corrected chi connectivity index (χ1v) is 6.10. The lowest BCUT2D eigenvalue weighted by Crippen LogP contribution is -2.36. The number of rotatable bonds is 5. The molecule has 0 aliphatic heterocycles. The van der Waals surface area contributed by atoms with E-state index in [1.54, 1.807) is 0 Å². The number of likely N-dealkylation sites (N-methyl/N-ethyl adjacent to an activating group) is 1. The van der Waals surface area contributed by atoms with Gasteiger partial charge in [-0.2, -0.15) is 0 Å². The highest BCUT2D eigenvalue weighted by atomic mass is 32.1. The minimum absolute atomic E-state index is 0.0607. The highest BCUT2D eigenvalue weighted by Gasteiger charge is 2.20. The molecule has 0 saturated heterocycles. The van der Waals surface area contributed by atoms with Crippen molar-refractivity contribution in [3.8, 4) is 0 Å². The van der Waals surface area contributed by atoms with Crippen LogP contribution in [0.3, 0.4) is 0 Å². The minimum Gasteiger partial charge on any atom is -0.392 e. The second kappa shape index (κ2) is 5.97. The van der Waals surface area contributed by atoms with Crippen LogP contribution in [0.4, 0.5) is 0 Å². The van der Waals surface area contributed by atoms with Crippen molar-refractivity contribution < 1.29 is 0 Å². The molecule has 1 unspecified atom stereocenters. The first-order chi connectivity index (χ1) is 7.60. The molecule has 0 aromatic heterocycles. The fraction of sp³-hybridized carbons (Fsp3) is 0.462. The molecule has 1 rings (SSSR count). The summed E-state index contributed by atoms with van der Waals surface area (Å²) >= 11 is 5.18. The minimum atomic E-state index is 0.0607. The molecule has 1 aromatic carbocycles. The van der Waals surface area contributed by atoms with Gasteiger partial charge in [0, 0.05) is 0 Å². The van der Waals surface area contributed by atoms with Gasteiger partial charge in [-0.25, -0.2) is 0 Å². The van der Waals surface area contributed by atoms with Gasteiger partial charge in [-0.3, -0.25) is 4.90 Å². The molecule has 0 fully saturated rings. The van der Waals surface area contributed by atoms with Crippen molar-refractivity contribution in [2.75, 3.05) is 13.1 Å². The summed E-state index contributed by atoms with van der Waals surface area (Å²) in [6.07, 6.45) is 0. The normalized spacial score (nSPS) is 12.8. The molecule has 1 atom stereocenters. The van der Waals surface area contributed by atoms with E-state index >= 15 is 0 Å². The van der Waals surface area contributed by atoms with E-state index in [2.05, 4.69) is 49.9 Å². The van der Waals surface area contributed by atoms with E-state index in [4.69, 9.17) is 18.0 Å². The zero-order chi connectivity index (χ0) is 12.1. The van der Waals surface area contributed by atoms with Crippen molar-refractivity contribution in [1.82, 2.24) is 4.90 Å². The Morgan fingerprint density at radius 3 is 2.12 bits per heavy atom. The molecular weight excluding hydrogens is 216 g/mol. The Morgan fingerprint density at radius 2 is 1.75 bits per heavy atom. The van der Waals surface area contributed by atoms with Crippen LogP contribution in [0.2, 0.25) is 0 Å². The van der Waals surface area contributed by atoms with Gasteiger partial charge < -0.3 is 5.73 Å². The molecule has 0 radical (unpaired) electrons. The smallest absolute Gasteiger partial charge is 0.0948 e. The molecule has 0 heterocycles. The summed E-state index contributed by atoms with van der Waals surface area (Å²) < 4.78 is 0. The van der Waals surface area contributed by atoms with Gasteiger partial charge in [0.1, 0.15) is 0 Å². The van der Waals surface area contributed by atoms with Crippen LogP contribution in [-0.2, 0) is 0 Å². The maximum absolute atomic E-state index is 5.85. The zero-order valence-electron chi connectivity index (χ0n) is 10.2. The Kier molecular flexibility index (Phi) is 4.90. The van der Waals surface area contributed by atoms with E-state index in [1.165, 1.54) is 11.1 Å². The molecule has 16 heavy (non-hydrogen) atoms. The van der Waals surface area contributed by atoms with E-state index in [1.807, 2.05) is 0 Å². The van der Waals surface area contributed by atoms with E-state index in [0.717, 1.165) is 13.1 Å². The largest absolute Gasteiger partial charge is 0.392 e. The van der Waals surface area contributed by atoms with E-state index < -0.39 is 0 Å². The first-order valence-electron chi connectivity index (χ1n) is 5.70. The summed E-state index contributed by atoms with van der Waals surface area (Å²) in [5.41, 5.74) is 8.29. The highest BCUT2D eigenvalue weighted by Crippen LogP contribution is 2.21. The number of aryl methyl sites for hydroxylation is 1. The Hall–Kier alpha value is -0.930. The molecular formula is C13H20N2S. The van der Waals surface area contributed by atoms with E-state index in [9.17, 15) is 0 Å². The molecule has 0 spiro atoms. The third kappa shape index (κ3) is 3.03. The predicted octanol–water partition coefficient (Wildman–Crippen LogP) is 2.66. The fourth-order valence-electron chi connectivity index (χ4n) is 1.89. The summed E-state index contributed by atoms with van der Waals surface area (Å²) in [6.45, 7) is 8.24. The number of benzene rings is 1. The molecule has 0 aliphatic rings. The van der Waals surface area contributed by atoms with Crippen molar-refractivity contribution >= 4 is 17.2 Å². The quantitative estimate of drug-likeness (QED) is 0.797. The van der Waals surface area contributed by atoms with Gasteiger partial charge in [0.05, 0.1) is 11.0 Å². The number of nitrogens with two attached hydrogens (primary N) is 1. The number of nitrogens with zero attached hydrogens (tertiary/aromatic N) is 1. The summed E-state index contributed by atoms with van der Waals surface area (Å²) in [7, 11) is 0. The molecule has 88 valence electrons. The van der Waals surface area contributed by atoms with E-state index in [0.29, 0.717) is 4.99 Å². The second-order valence-corrected chi connectivity index (χ2v) is 4.41. The van der Waals surface area contributed by atoms with Crippen molar-refractivity contribution in [1.29, 1.82) is 0 Å². The molecule has 2 nitrogen and oxygen atoms in total. The molecule has 2 N–H and O–H groups in total. The van der Waals surface area contributed by atoms with Gasteiger partial charge in [0.2, 0.25) is 0 Å². The Labute approximate surface area is 103 Å². The summed E-state index contributed by atoms with van der Waals surface area (Å²) in [5.74, 6) is 0. The van der Waals surface area contributed by atoms with Gasteiger partial charge in [-0.05, 0) is 25.6 Å². The highest BCUT2D eigenvalue weighted by molar-refractivity contribution is 7.80. The fourth-order valence-corrected chi connectivity index (χ4v) is 2.18. The first kappa shape index (κ1) is 13.1. The van der Waals surface area contributed by atoms with Crippen molar-refractivity contribution in [2.24, 2.45) is 5.73 Å². The lowest BCUT2D eigenvalue weighted by molar-refractivity contribution is 0.272. The Balaban J connectivity index is 3.02. The number of hydrogen-bond donors (Lipinski definition) is 1. The maximum atomic E-state index is 5.85.